The van der Waals surface area contributed by atoms with Gasteiger partial charge >= 0.3 is 0 Å². The summed E-state index contributed by atoms with van der Waals surface area (Å²) in [5.74, 6) is 2.72. The maximum atomic E-state index is 12.1. The summed E-state index contributed by atoms with van der Waals surface area (Å²) in [4.78, 5) is 12.1. The van der Waals surface area contributed by atoms with Crippen LogP contribution in [-0.4, -0.2) is 45.3 Å². The summed E-state index contributed by atoms with van der Waals surface area (Å²) >= 11 is 1.75. The van der Waals surface area contributed by atoms with Crippen LogP contribution in [0.2, 0.25) is 0 Å². The molecule has 4 rings (SSSR count). The first-order chi connectivity index (χ1) is 14.3. The molecule has 1 aliphatic rings. The molecule has 0 spiro atoms. The number of rotatable bonds is 9. The second kappa shape index (κ2) is 9.80. The van der Waals surface area contributed by atoms with E-state index in [1.807, 2.05) is 53.6 Å². The quantitative estimate of drug-likeness (QED) is 0.548. The van der Waals surface area contributed by atoms with Crippen molar-refractivity contribution in [1.82, 2.24) is 19.7 Å². The van der Waals surface area contributed by atoms with Gasteiger partial charge in [-0.15, -0.1) is 0 Å². The van der Waals surface area contributed by atoms with Crippen LogP contribution in [0.15, 0.2) is 61.1 Å². The minimum absolute atomic E-state index is 0.0959. The molecule has 7 heteroatoms. The minimum Gasteiger partial charge on any atom is -0.376 e. The zero-order chi connectivity index (χ0) is 19.9. The third-order valence-electron chi connectivity index (χ3n) is 4.95. The van der Waals surface area contributed by atoms with Gasteiger partial charge in [-0.1, -0.05) is 18.2 Å². The highest BCUT2D eigenvalue weighted by Gasteiger charge is 2.16. The molecule has 0 saturated carbocycles. The predicted molar refractivity (Wildman–Crippen MR) is 116 cm³/mol. The molecule has 1 fully saturated rings. The lowest BCUT2D eigenvalue weighted by Gasteiger charge is -2.11. The van der Waals surface area contributed by atoms with Gasteiger partial charge < -0.3 is 14.6 Å². The van der Waals surface area contributed by atoms with E-state index in [-0.39, 0.29) is 12.0 Å². The molecule has 3 aromatic rings. The summed E-state index contributed by atoms with van der Waals surface area (Å²) in [6.45, 7) is 1.45. The van der Waals surface area contributed by atoms with E-state index in [2.05, 4.69) is 27.1 Å². The summed E-state index contributed by atoms with van der Waals surface area (Å²) in [5.41, 5.74) is 2.18. The van der Waals surface area contributed by atoms with Crippen molar-refractivity contribution in [2.45, 2.75) is 31.1 Å². The van der Waals surface area contributed by atoms with Crippen LogP contribution >= 0.6 is 11.8 Å². The van der Waals surface area contributed by atoms with Crippen molar-refractivity contribution in [3.8, 4) is 11.5 Å². The van der Waals surface area contributed by atoms with Gasteiger partial charge in [0.1, 0.15) is 5.82 Å². The Morgan fingerprint density at radius 1 is 1.21 bits per heavy atom. The van der Waals surface area contributed by atoms with Gasteiger partial charge in [0.15, 0.2) is 0 Å². The zero-order valence-corrected chi connectivity index (χ0v) is 17.2. The highest BCUT2D eigenvalue weighted by atomic mass is 32.2. The lowest BCUT2D eigenvalue weighted by atomic mass is 10.2. The number of carbonyl (C=O) groups is 1. The maximum absolute atomic E-state index is 12.1. The summed E-state index contributed by atoms with van der Waals surface area (Å²) in [5, 5.41) is 7.60. The summed E-state index contributed by atoms with van der Waals surface area (Å²) in [6, 6.07) is 14.2. The smallest absolute Gasteiger partial charge is 0.220 e. The molecule has 1 amide bonds. The summed E-state index contributed by atoms with van der Waals surface area (Å²) < 4.78 is 9.59. The Morgan fingerprint density at radius 2 is 2.03 bits per heavy atom. The molecule has 152 valence electrons. The molecule has 0 bridgehead atoms. The zero-order valence-electron chi connectivity index (χ0n) is 16.4. The Kier molecular flexibility index (Phi) is 6.69. The largest absolute Gasteiger partial charge is 0.376 e. The van der Waals surface area contributed by atoms with E-state index in [4.69, 9.17) is 4.74 Å². The number of para-hydroxylation sites is 1. The molecule has 1 aliphatic heterocycles. The van der Waals surface area contributed by atoms with Crippen molar-refractivity contribution in [2.75, 3.05) is 18.9 Å². The van der Waals surface area contributed by atoms with Gasteiger partial charge in [0.25, 0.3) is 0 Å². The molecule has 0 aliphatic carbocycles. The molecule has 1 atom stereocenters. The van der Waals surface area contributed by atoms with E-state index < -0.39 is 0 Å². The van der Waals surface area contributed by atoms with Crippen molar-refractivity contribution < 1.29 is 9.53 Å². The van der Waals surface area contributed by atoms with E-state index in [0.717, 1.165) is 48.0 Å². The van der Waals surface area contributed by atoms with Crippen molar-refractivity contribution >= 4 is 17.7 Å². The van der Waals surface area contributed by atoms with Gasteiger partial charge in [0, 0.05) is 49.0 Å². The lowest BCUT2D eigenvalue weighted by molar-refractivity contribution is -0.121. The van der Waals surface area contributed by atoms with Crippen LogP contribution < -0.4 is 5.32 Å². The minimum atomic E-state index is 0.0959. The molecular formula is C22H26N4O2S. The summed E-state index contributed by atoms with van der Waals surface area (Å²) in [7, 11) is 0. The lowest BCUT2D eigenvalue weighted by Crippen LogP contribution is -2.31. The van der Waals surface area contributed by atoms with Crippen LogP contribution in [0.1, 0.15) is 24.8 Å². The average Bonchev–Trinajstić information content (AvgIpc) is 3.52. The van der Waals surface area contributed by atoms with Gasteiger partial charge in [-0.25, -0.2) is 4.68 Å². The molecule has 1 aromatic carbocycles. The van der Waals surface area contributed by atoms with Gasteiger partial charge in [0.2, 0.25) is 5.91 Å². The van der Waals surface area contributed by atoms with Crippen LogP contribution in [-0.2, 0) is 15.3 Å². The predicted octanol–water partition coefficient (Wildman–Crippen LogP) is 3.58. The van der Waals surface area contributed by atoms with Crippen LogP contribution in [0.5, 0.6) is 0 Å². The molecule has 3 heterocycles. The second-order valence-corrected chi connectivity index (χ2v) is 8.18. The van der Waals surface area contributed by atoms with Crippen LogP contribution in [0.3, 0.4) is 0 Å². The summed E-state index contributed by atoms with van der Waals surface area (Å²) in [6.07, 6.45) is 8.83. The van der Waals surface area contributed by atoms with Crippen molar-refractivity contribution in [3.05, 3.63) is 66.6 Å². The van der Waals surface area contributed by atoms with Gasteiger partial charge in [-0.05, 0) is 37.1 Å². The SMILES string of the molecule is O=C(CCSCc1cnn(-c2ccccc2)c1-n1cccc1)NCC1CCCO1. The first kappa shape index (κ1) is 19.8. The van der Waals surface area contributed by atoms with Gasteiger partial charge in [-0.3, -0.25) is 4.79 Å². The molecule has 1 unspecified atom stereocenters. The highest BCUT2D eigenvalue weighted by molar-refractivity contribution is 7.98. The molecule has 29 heavy (non-hydrogen) atoms. The number of amides is 1. The van der Waals surface area contributed by atoms with E-state index >= 15 is 0 Å². The fourth-order valence-electron chi connectivity index (χ4n) is 3.46. The molecule has 1 N–H and O–H groups in total. The third-order valence-corrected chi connectivity index (χ3v) is 5.96. The van der Waals surface area contributed by atoms with Gasteiger partial charge in [0.05, 0.1) is 18.0 Å². The van der Waals surface area contributed by atoms with E-state index in [1.54, 1.807) is 11.8 Å². The van der Waals surface area contributed by atoms with E-state index in [1.165, 1.54) is 0 Å². The molecule has 1 saturated heterocycles. The number of aromatic nitrogens is 3. The number of carbonyl (C=O) groups excluding carboxylic acids is 1. The first-order valence-corrected chi connectivity index (χ1v) is 11.2. The second-order valence-electron chi connectivity index (χ2n) is 7.07. The Balaban J connectivity index is 1.34. The Hall–Kier alpha value is -2.51. The Bertz CT molecular complexity index is 902. The van der Waals surface area contributed by atoms with Crippen molar-refractivity contribution in [1.29, 1.82) is 0 Å². The van der Waals surface area contributed by atoms with E-state index in [9.17, 15) is 4.79 Å². The fraction of sp³-hybridized carbons (Fsp3) is 0.364. The number of hydrogen-bond donors (Lipinski definition) is 1. The van der Waals surface area contributed by atoms with Crippen LogP contribution in [0.25, 0.3) is 11.5 Å². The molecule has 2 aromatic heterocycles. The fourth-order valence-corrected chi connectivity index (χ4v) is 4.35. The normalized spacial score (nSPS) is 16.2. The van der Waals surface area contributed by atoms with Crippen LogP contribution in [0, 0.1) is 0 Å². The number of thioether (sulfide) groups is 1. The van der Waals surface area contributed by atoms with E-state index in [0.29, 0.717) is 13.0 Å². The first-order valence-electron chi connectivity index (χ1n) is 10.0. The van der Waals surface area contributed by atoms with Gasteiger partial charge in [-0.2, -0.15) is 16.9 Å². The van der Waals surface area contributed by atoms with Crippen molar-refractivity contribution in [3.63, 3.8) is 0 Å². The number of ether oxygens (including phenoxy) is 1. The van der Waals surface area contributed by atoms with Crippen LogP contribution in [0.4, 0.5) is 0 Å². The number of hydrogen-bond acceptors (Lipinski definition) is 4. The standard InChI is InChI=1S/C22H26N4O2S/c27-21(23-16-20-9-6-13-28-20)10-14-29-17-18-15-24-26(19-7-2-1-3-8-19)22(18)25-11-4-5-12-25/h1-5,7-8,11-12,15,20H,6,9-10,13-14,16-17H2,(H,23,27). The Morgan fingerprint density at radius 3 is 2.79 bits per heavy atom. The average molecular weight is 411 g/mol. The Labute approximate surface area is 175 Å². The highest BCUT2D eigenvalue weighted by Crippen LogP contribution is 2.24. The number of benzene rings is 1. The molecular weight excluding hydrogens is 384 g/mol. The number of nitrogens with one attached hydrogen (secondary N) is 1. The third kappa shape index (κ3) is 5.10. The number of nitrogens with zero attached hydrogens (tertiary/aromatic N) is 3. The molecule has 6 nitrogen and oxygen atoms in total. The van der Waals surface area contributed by atoms with Crippen molar-refractivity contribution in [2.24, 2.45) is 0 Å². The molecule has 0 radical (unpaired) electrons. The maximum Gasteiger partial charge on any atom is 0.220 e. The monoisotopic (exact) mass is 410 g/mol. The topological polar surface area (TPSA) is 61.1 Å².